The Hall–Kier alpha value is -0.310. The van der Waals surface area contributed by atoms with Crippen LogP contribution in [-0.4, -0.2) is 48.8 Å². The maximum absolute atomic E-state index is 10.5. The minimum absolute atomic E-state index is 0. The van der Waals surface area contributed by atoms with Gasteiger partial charge in [0.2, 0.25) is 0 Å². The van der Waals surface area contributed by atoms with E-state index in [1.54, 1.807) is 24.3 Å². The molecule has 60 valence electrons. The summed E-state index contributed by atoms with van der Waals surface area (Å²) < 4.78 is 0. The summed E-state index contributed by atoms with van der Waals surface area (Å²) in [6.07, 6.45) is 1.53. The van der Waals surface area contributed by atoms with Gasteiger partial charge in [0.15, 0.2) is 0 Å². The molecular formula is C9H10CaO2. The summed E-state index contributed by atoms with van der Waals surface area (Å²) in [6, 6.07) is 6.75. The third-order valence-electron chi connectivity index (χ3n) is 1.41. The molecule has 1 N–H and O–H groups in total. The molecule has 0 aliphatic carbocycles. The zero-order chi connectivity index (χ0) is 8.27. The molecule has 0 radical (unpaired) electrons. The van der Waals surface area contributed by atoms with E-state index in [4.69, 9.17) is 5.11 Å². The normalized spacial score (nSPS) is 8.33. The second-order valence-corrected chi connectivity index (χ2v) is 2.10. The second-order valence-electron chi connectivity index (χ2n) is 2.10. The third kappa shape index (κ3) is 2.63. The molecule has 12 heavy (non-hydrogen) atoms. The van der Waals surface area contributed by atoms with E-state index in [2.05, 4.69) is 6.58 Å². The Labute approximate surface area is 101 Å². The molecule has 0 atom stereocenters. The van der Waals surface area contributed by atoms with Crippen molar-refractivity contribution < 1.29 is 9.90 Å². The Morgan fingerprint density at radius 1 is 1.42 bits per heavy atom. The van der Waals surface area contributed by atoms with Crippen molar-refractivity contribution in [2.24, 2.45) is 0 Å². The van der Waals surface area contributed by atoms with Gasteiger partial charge in [0.25, 0.3) is 0 Å². The number of hydrogen-bond donors (Lipinski definition) is 1. The average molecular weight is 190 g/mol. The SMILES string of the molecule is C=Cc1ccccc1C(=O)O.[CaH2]. The fourth-order valence-electron chi connectivity index (χ4n) is 0.870. The predicted octanol–water partition coefficient (Wildman–Crippen LogP) is 1.11. The van der Waals surface area contributed by atoms with Crippen LogP contribution in [0.15, 0.2) is 30.8 Å². The van der Waals surface area contributed by atoms with Crippen LogP contribution in [0.4, 0.5) is 0 Å². The van der Waals surface area contributed by atoms with E-state index in [9.17, 15) is 4.79 Å². The topological polar surface area (TPSA) is 37.3 Å². The summed E-state index contributed by atoms with van der Waals surface area (Å²) in [4.78, 5) is 10.5. The Balaban J connectivity index is 0.00000121. The molecule has 0 heterocycles. The molecule has 1 aromatic carbocycles. The van der Waals surface area contributed by atoms with Gasteiger partial charge in [-0.25, -0.2) is 4.79 Å². The van der Waals surface area contributed by atoms with Gasteiger partial charge in [-0.1, -0.05) is 30.9 Å². The summed E-state index contributed by atoms with van der Waals surface area (Å²) in [6.45, 7) is 3.51. The Morgan fingerprint density at radius 2 is 2.00 bits per heavy atom. The van der Waals surface area contributed by atoms with Gasteiger partial charge in [0, 0.05) is 0 Å². The Kier molecular flexibility index (Phi) is 5.22. The van der Waals surface area contributed by atoms with Crippen molar-refractivity contribution in [1.82, 2.24) is 0 Å². The summed E-state index contributed by atoms with van der Waals surface area (Å²) in [5, 5.41) is 8.65. The van der Waals surface area contributed by atoms with Gasteiger partial charge in [0.05, 0.1) is 5.56 Å². The third-order valence-corrected chi connectivity index (χ3v) is 1.41. The van der Waals surface area contributed by atoms with Crippen molar-refractivity contribution in [1.29, 1.82) is 0 Å². The summed E-state index contributed by atoms with van der Waals surface area (Å²) in [5.74, 6) is -0.916. The molecule has 3 heteroatoms. The van der Waals surface area contributed by atoms with E-state index in [1.807, 2.05) is 0 Å². The molecule has 0 unspecified atom stereocenters. The number of carbonyl (C=O) groups is 1. The van der Waals surface area contributed by atoms with E-state index >= 15 is 0 Å². The predicted molar refractivity (Wildman–Crippen MR) is 52.0 cm³/mol. The van der Waals surface area contributed by atoms with Gasteiger partial charge in [-0.2, -0.15) is 0 Å². The molecule has 0 aliphatic rings. The summed E-state index contributed by atoms with van der Waals surface area (Å²) >= 11 is 0. The van der Waals surface area contributed by atoms with Crippen LogP contribution in [-0.2, 0) is 0 Å². The first-order valence-corrected chi connectivity index (χ1v) is 3.20. The van der Waals surface area contributed by atoms with Crippen LogP contribution in [0.5, 0.6) is 0 Å². The fourth-order valence-corrected chi connectivity index (χ4v) is 0.870. The van der Waals surface area contributed by atoms with Gasteiger partial charge >= 0.3 is 43.7 Å². The molecule has 1 rings (SSSR count). The van der Waals surface area contributed by atoms with Gasteiger partial charge in [0.1, 0.15) is 0 Å². The van der Waals surface area contributed by atoms with Crippen LogP contribution in [0.1, 0.15) is 15.9 Å². The van der Waals surface area contributed by atoms with Crippen molar-refractivity contribution in [3.8, 4) is 0 Å². The number of hydrogen-bond acceptors (Lipinski definition) is 1. The Morgan fingerprint density at radius 3 is 2.42 bits per heavy atom. The van der Waals surface area contributed by atoms with E-state index in [0.29, 0.717) is 11.1 Å². The van der Waals surface area contributed by atoms with E-state index in [0.717, 1.165) is 0 Å². The fraction of sp³-hybridized carbons (Fsp3) is 0. The quantitative estimate of drug-likeness (QED) is 0.709. The van der Waals surface area contributed by atoms with Crippen molar-refractivity contribution in [2.75, 3.05) is 0 Å². The van der Waals surface area contributed by atoms with Crippen molar-refractivity contribution in [2.45, 2.75) is 0 Å². The molecule has 1 aromatic rings. The number of rotatable bonds is 2. The molecule has 0 saturated carbocycles. The first-order valence-electron chi connectivity index (χ1n) is 3.20. The van der Waals surface area contributed by atoms with Gasteiger partial charge in [-0.05, 0) is 11.6 Å². The number of aromatic carboxylic acids is 1. The van der Waals surface area contributed by atoms with E-state index < -0.39 is 5.97 Å². The van der Waals surface area contributed by atoms with Crippen molar-refractivity contribution >= 4 is 49.8 Å². The number of benzene rings is 1. The molecule has 0 bridgehead atoms. The first-order chi connectivity index (χ1) is 5.25. The zero-order valence-corrected chi connectivity index (χ0v) is 5.95. The Bertz CT molecular complexity index is 294. The maximum atomic E-state index is 10.5. The van der Waals surface area contributed by atoms with Gasteiger partial charge in [-0.15, -0.1) is 0 Å². The molecule has 0 aliphatic heterocycles. The minimum atomic E-state index is -0.916. The van der Waals surface area contributed by atoms with Gasteiger partial charge in [-0.3, -0.25) is 0 Å². The molecule has 0 saturated heterocycles. The number of carboxylic acid groups (broad SMARTS) is 1. The van der Waals surface area contributed by atoms with Crippen LogP contribution in [0.2, 0.25) is 0 Å². The molecular weight excluding hydrogens is 180 g/mol. The van der Waals surface area contributed by atoms with E-state index in [-0.39, 0.29) is 37.7 Å². The molecule has 0 fully saturated rings. The van der Waals surface area contributed by atoms with Crippen molar-refractivity contribution in [3.63, 3.8) is 0 Å². The molecule has 0 amide bonds. The second kappa shape index (κ2) is 5.36. The van der Waals surface area contributed by atoms with Gasteiger partial charge < -0.3 is 5.11 Å². The van der Waals surface area contributed by atoms with Crippen LogP contribution in [0.25, 0.3) is 6.08 Å². The monoisotopic (exact) mass is 190 g/mol. The van der Waals surface area contributed by atoms with E-state index in [1.165, 1.54) is 6.08 Å². The zero-order valence-electron chi connectivity index (χ0n) is 5.95. The van der Waals surface area contributed by atoms with Crippen LogP contribution < -0.4 is 0 Å². The standard InChI is InChI=1S/C9H8O2.Ca.2H/c1-2-7-5-3-4-6-8(7)9(10)11;;;/h2-6H,1H2,(H,10,11);;;. The summed E-state index contributed by atoms with van der Waals surface area (Å²) in [5.41, 5.74) is 0.947. The van der Waals surface area contributed by atoms with Crippen molar-refractivity contribution in [3.05, 3.63) is 42.0 Å². The average Bonchev–Trinajstić information content (AvgIpc) is 2.04. The van der Waals surface area contributed by atoms with Crippen LogP contribution in [0, 0.1) is 0 Å². The summed E-state index contributed by atoms with van der Waals surface area (Å²) in [7, 11) is 0. The molecule has 2 nitrogen and oxygen atoms in total. The molecule has 0 spiro atoms. The number of carboxylic acids is 1. The van der Waals surface area contributed by atoms with Crippen LogP contribution in [0.3, 0.4) is 0 Å². The first kappa shape index (κ1) is 11.7. The van der Waals surface area contributed by atoms with Crippen LogP contribution >= 0.6 is 0 Å². The molecule has 0 aromatic heterocycles.